The molecule has 3 N–H and O–H groups in total. The van der Waals surface area contributed by atoms with Gasteiger partial charge in [0.05, 0.1) is 36.9 Å². The average Bonchev–Trinajstić information content (AvgIpc) is 4.53. The summed E-state index contributed by atoms with van der Waals surface area (Å²) in [4.78, 5) is 63.4. The number of furan rings is 3. The zero-order chi connectivity index (χ0) is 58.8. The lowest BCUT2D eigenvalue weighted by atomic mass is 9.89. The third kappa shape index (κ3) is 15.7. The van der Waals surface area contributed by atoms with Gasteiger partial charge in [0.15, 0.2) is 17.3 Å². The molecule has 6 heterocycles. The molecule has 0 radical (unpaired) electrons. The van der Waals surface area contributed by atoms with Crippen molar-refractivity contribution in [3.63, 3.8) is 0 Å². The SMILES string of the molecule is CC(=O)Cl.CC(=O)N(c1ccccc1)C1CC(C)N(C(=O)c2ccco2)c2ccccc21.CC1CC(Nc2ccccc2)c2ccccc2N1.CC1CC(Nc2ccccc2)c2ccccc2N1C(=O)c1ccco1.O=C(Cl)c1ccco1. The molecular weight excluding hydrogens is 1090 g/mol. The molecule has 0 aliphatic carbocycles. The van der Waals surface area contributed by atoms with Crippen LogP contribution in [0.25, 0.3) is 0 Å². The minimum absolute atomic E-state index is 0.0241. The fourth-order valence-corrected chi connectivity index (χ4v) is 10.6. The highest BCUT2D eigenvalue weighted by Gasteiger charge is 2.39. The monoisotopic (exact) mass is 1150 g/mol. The third-order valence-corrected chi connectivity index (χ3v) is 14.2. The largest absolute Gasteiger partial charge is 0.460 e. The molecule has 12 rings (SSSR count). The maximum atomic E-state index is 13.1. The molecule has 6 aromatic carbocycles. The second kappa shape index (κ2) is 29.0. The lowest BCUT2D eigenvalue weighted by Gasteiger charge is -2.43. The molecule has 0 bridgehead atoms. The van der Waals surface area contributed by atoms with E-state index in [2.05, 4.69) is 113 Å². The van der Waals surface area contributed by atoms with Gasteiger partial charge in [0.1, 0.15) is 0 Å². The van der Waals surface area contributed by atoms with Gasteiger partial charge in [0, 0.05) is 66.1 Å². The van der Waals surface area contributed by atoms with E-state index in [0.717, 1.165) is 46.7 Å². The van der Waals surface area contributed by atoms with E-state index in [4.69, 9.17) is 20.4 Å². The molecule has 14 nitrogen and oxygen atoms in total. The van der Waals surface area contributed by atoms with Crippen molar-refractivity contribution in [3.8, 4) is 0 Å². The molecule has 6 atom stereocenters. The van der Waals surface area contributed by atoms with Gasteiger partial charge in [0.2, 0.25) is 11.1 Å². The first kappa shape index (κ1) is 60.0. The van der Waals surface area contributed by atoms with Gasteiger partial charge in [-0.25, -0.2) is 0 Å². The molecule has 0 saturated heterocycles. The Bertz CT molecular complexity index is 3510. The van der Waals surface area contributed by atoms with Gasteiger partial charge >= 0.3 is 0 Å². The van der Waals surface area contributed by atoms with Crippen LogP contribution in [-0.4, -0.2) is 46.3 Å². The van der Waals surface area contributed by atoms with Crippen molar-refractivity contribution in [2.75, 3.05) is 30.7 Å². The number of carbonyl (C=O) groups excluding carboxylic acids is 5. The highest BCUT2D eigenvalue weighted by Crippen LogP contribution is 2.43. The number of fused-ring (bicyclic) bond motifs is 3. The Balaban J connectivity index is 0.000000150. The summed E-state index contributed by atoms with van der Waals surface area (Å²) in [6, 6.07) is 65.5. The molecule has 3 aliphatic heterocycles. The number of para-hydroxylation sites is 6. The number of amides is 3. The summed E-state index contributed by atoms with van der Waals surface area (Å²) >= 11 is 9.65. The first-order valence-corrected chi connectivity index (χ1v) is 28.1. The maximum Gasteiger partial charge on any atom is 0.294 e. The van der Waals surface area contributed by atoms with E-state index < -0.39 is 5.24 Å². The van der Waals surface area contributed by atoms with Gasteiger partial charge in [-0.15, -0.1) is 0 Å². The zero-order valence-corrected chi connectivity index (χ0v) is 48.2. The minimum Gasteiger partial charge on any atom is -0.460 e. The molecule has 3 aliphatic rings. The van der Waals surface area contributed by atoms with Gasteiger partial charge in [0.25, 0.3) is 17.1 Å². The van der Waals surface area contributed by atoms with Crippen molar-refractivity contribution >= 4 is 85.5 Å². The van der Waals surface area contributed by atoms with Crippen LogP contribution in [0.2, 0.25) is 0 Å². The number of halogens is 2. The van der Waals surface area contributed by atoms with Crippen LogP contribution in [0.4, 0.5) is 34.1 Å². The van der Waals surface area contributed by atoms with E-state index in [1.54, 1.807) is 42.2 Å². The fraction of sp³-hybridized carbons (Fsp3) is 0.209. The number of rotatable bonds is 9. The average molecular weight is 1150 g/mol. The zero-order valence-electron chi connectivity index (χ0n) is 46.7. The van der Waals surface area contributed by atoms with Crippen molar-refractivity contribution in [2.45, 2.75) is 90.1 Å². The molecule has 426 valence electrons. The van der Waals surface area contributed by atoms with Crippen LogP contribution in [0.5, 0.6) is 0 Å². The highest BCUT2D eigenvalue weighted by atomic mass is 35.5. The van der Waals surface area contributed by atoms with Crippen LogP contribution in [-0.2, 0) is 9.59 Å². The van der Waals surface area contributed by atoms with E-state index in [0.29, 0.717) is 30.0 Å². The second-order valence-corrected chi connectivity index (χ2v) is 20.9. The molecule has 9 aromatic rings. The van der Waals surface area contributed by atoms with Crippen molar-refractivity contribution in [2.24, 2.45) is 0 Å². The summed E-state index contributed by atoms with van der Waals surface area (Å²) in [7, 11) is 0. The number of carbonyl (C=O) groups is 5. The Morgan fingerprint density at radius 2 is 0.892 bits per heavy atom. The van der Waals surface area contributed by atoms with Crippen LogP contribution < -0.4 is 30.7 Å². The number of nitrogens with zero attached hydrogens (tertiary/aromatic N) is 3. The second-order valence-electron chi connectivity index (χ2n) is 20.0. The minimum atomic E-state index is -0.560. The Kier molecular flexibility index (Phi) is 21.0. The molecule has 0 spiro atoms. The van der Waals surface area contributed by atoms with E-state index in [-0.39, 0.29) is 52.9 Å². The van der Waals surface area contributed by atoms with Crippen LogP contribution in [0, 0.1) is 0 Å². The number of hydrogen-bond donors (Lipinski definition) is 3. The topological polar surface area (TPSA) is 171 Å². The molecular formula is C67H66Cl2N6O8. The van der Waals surface area contributed by atoms with Crippen LogP contribution >= 0.6 is 23.2 Å². The quantitative estimate of drug-likeness (QED) is 0.118. The van der Waals surface area contributed by atoms with Gasteiger partial charge in [-0.1, -0.05) is 109 Å². The number of nitrogens with one attached hydrogen (secondary N) is 3. The lowest BCUT2D eigenvalue weighted by Crippen LogP contribution is -2.47. The molecule has 83 heavy (non-hydrogen) atoms. The number of benzene rings is 6. The van der Waals surface area contributed by atoms with Crippen LogP contribution in [0.3, 0.4) is 0 Å². The molecule has 0 saturated carbocycles. The Morgan fingerprint density at radius 1 is 0.482 bits per heavy atom. The first-order valence-electron chi connectivity index (χ1n) is 27.3. The van der Waals surface area contributed by atoms with E-state index >= 15 is 0 Å². The molecule has 3 aromatic heterocycles. The predicted octanol–water partition coefficient (Wildman–Crippen LogP) is 16.2. The summed E-state index contributed by atoms with van der Waals surface area (Å²) < 4.78 is 15.3. The smallest absolute Gasteiger partial charge is 0.294 e. The molecule has 6 unspecified atom stereocenters. The Morgan fingerprint density at radius 3 is 1.36 bits per heavy atom. The molecule has 16 heteroatoms. The summed E-state index contributed by atoms with van der Waals surface area (Å²) in [5, 5.41) is 9.84. The third-order valence-electron chi connectivity index (χ3n) is 14.0. The molecule has 0 fully saturated rings. The normalized spacial score (nSPS) is 18.0. The molecule has 3 amide bonds. The van der Waals surface area contributed by atoms with Crippen molar-refractivity contribution in [1.29, 1.82) is 0 Å². The van der Waals surface area contributed by atoms with Gasteiger partial charge < -0.3 is 43.9 Å². The van der Waals surface area contributed by atoms with Gasteiger partial charge in [-0.2, -0.15) is 0 Å². The lowest BCUT2D eigenvalue weighted by molar-refractivity contribution is -0.117. The van der Waals surface area contributed by atoms with Crippen molar-refractivity contribution in [1.82, 2.24) is 0 Å². The predicted molar refractivity (Wildman–Crippen MR) is 330 cm³/mol. The van der Waals surface area contributed by atoms with Crippen LogP contribution in [0.15, 0.2) is 232 Å². The Labute approximate surface area is 494 Å². The fourth-order valence-electron chi connectivity index (χ4n) is 10.5. The first-order chi connectivity index (χ1) is 40.2. The standard InChI is InChI=1S/C23H22N2O3.C21H20N2O2.C16H18N2.C5H3ClO2.C2H3ClO/c1-16-15-21(25(17(2)26)18-9-4-3-5-10-18)19-11-6-7-12-20(19)24(16)23(27)22-13-8-14-28-22;1-15-14-18(22-16-8-3-2-4-9-16)17-10-5-6-11-19(17)23(15)21(24)20-12-7-13-25-20;1-12-11-16(18-13-7-3-2-4-8-13)14-9-5-6-10-15(14)17-12;6-5(7)4-2-1-3-8-4;1-2(3)4/h3-14,16,21H,15H2,1-2H3;2-13,15,18,22H,14H2,1H3;2-10,12,16-18H,11H2,1H3;1-3H;1H3. The van der Waals surface area contributed by atoms with Crippen molar-refractivity contribution < 1.29 is 37.2 Å². The summed E-state index contributed by atoms with van der Waals surface area (Å²) in [5.41, 5.74) is 9.58. The van der Waals surface area contributed by atoms with Gasteiger partial charge in [-0.3, -0.25) is 24.0 Å². The number of anilines is 6. The maximum absolute atomic E-state index is 13.1. The number of hydrogen-bond acceptors (Lipinski definition) is 11. The highest BCUT2D eigenvalue weighted by molar-refractivity contribution is 6.67. The Hall–Kier alpha value is -9.11. The van der Waals surface area contributed by atoms with E-state index in [9.17, 15) is 24.0 Å². The summed E-state index contributed by atoms with van der Waals surface area (Å²) in [5.74, 6) is 0.582. The van der Waals surface area contributed by atoms with E-state index in [1.165, 1.54) is 48.7 Å². The van der Waals surface area contributed by atoms with Gasteiger partial charge in [-0.05, 0) is 171 Å². The summed E-state index contributed by atoms with van der Waals surface area (Å²) in [6.07, 6.45) is 7.01. The van der Waals surface area contributed by atoms with Crippen LogP contribution in [0.1, 0.15) is 120 Å². The van der Waals surface area contributed by atoms with Crippen molar-refractivity contribution in [3.05, 3.63) is 253 Å². The van der Waals surface area contributed by atoms with E-state index in [1.807, 2.05) is 114 Å². The summed E-state index contributed by atoms with van der Waals surface area (Å²) in [6.45, 7) is 9.20.